The van der Waals surface area contributed by atoms with E-state index in [0.29, 0.717) is 11.1 Å². The van der Waals surface area contributed by atoms with Crippen LogP contribution in [0.2, 0.25) is 0 Å². The number of benzene rings is 2. The molecule has 0 unspecified atom stereocenters. The maximum atomic E-state index is 12.1. The summed E-state index contributed by atoms with van der Waals surface area (Å²) in [6.45, 7) is 2.92. The minimum absolute atomic E-state index is 0.107. The number of nitro benzene ring substituents is 1. The Hall–Kier alpha value is -3.42. The lowest BCUT2D eigenvalue weighted by Crippen LogP contribution is -2.22. The van der Waals surface area contributed by atoms with Crippen molar-refractivity contribution in [3.63, 3.8) is 0 Å². The number of hydrogen-bond donors (Lipinski definition) is 1. The predicted molar refractivity (Wildman–Crippen MR) is 102 cm³/mol. The predicted octanol–water partition coefficient (Wildman–Crippen LogP) is 3.07. The van der Waals surface area contributed by atoms with Gasteiger partial charge in [-0.3, -0.25) is 14.9 Å². The van der Waals surface area contributed by atoms with E-state index in [0.717, 1.165) is 11.3 Å². The van der Waals surface area contributed by atoms with Gasteiger partial charge in [0.1, 0.15) is 5.69 Å². The van der Waals surface area contributed by atoms with Crippen LogP contribution in [0.5, 0.6) is 0 Å². The molecule has 0 spiro atoms. The van der Waals surface area contributed by atoms with Gasteiger partial charge in [0.25, 0.3) is 11.6 Å². The molecule has 0 aromatic heterocycles. The summed E-state index contributed by atoms with van der Waals surface area (Å²) in [6, 6.07) is 9.73. The van der Waals surface area contributed by atoms with Crippen LogP contribution in [0.1, 0.15) is 21.5 Å². The molecule has 0 fully saturated rings. The van der Waals surface area contributed by atoms with Gasteiger partial charge in [0, 0.05) is 25.8 Å². The van der Waals surface area contributed by atoms with Crippen molar-refractivity contribution in [3.8, 4) is 0 Å². The highest BCUT2D eigenvalue weighted by atomic mass is 16.6. The van der Waals surface area contributed by atoms with E-state index >= 15 is 0 Å². The number of anilines is 2. The molecule has 142 valence electrons. The minimum atomic E-state index is -0.649. The number of carbonyl (C=O) groups is 2. The number of nitro groups is 1. The SMILES string of the molecule is Cc1ccc([N+](=O)[O-])c(NC(=O)COC(=O)c2cccc(N(C)C)c2)c1C. The normalized spacial score (nSPS) is 10.2. The van der Waals surface area contributed by atoms with Crippen LogP contribution in [0, 0.1) is 24.0 Å². The molecule has 2 aromatic rings. The van der Waals surface area contributed by atoms with Crippen LogP contribution < -0.4 is 10.2 Å². The molecule has 27 heavy (non-hydrogen) atoms. The Bertz CT molecular complexity index is 893. The molecule has 0 atom stereocenters. The summed E-state index contributed by atoms with van der Waals surface area (Å²) in [5.74, 6) is -1.30. The van der Waals surface area contributed by atoms with Gasteiger partial charge in [-0.1, -0.05) is 12.1 Å². The van der Waals surface area contributed by atoms with Crippen molar-refractivity contribution in [2.45, 2.75) is 13.8 Å². The second-order valence-corrected chi connectivity index (χ2v) is 6.23. The smallest absolute Gasteiger partial charge is 0.338 e. The summed E-state index contributed by atoms with van der Waals surface area (Å²) in [7, 11) is 3.68. The van der Waals surface area contributed by atoms with Crippen LogP contribution in [-0.2, 0) is 9.53 Å². The number of amides is 1. The molecule has 8 nitrogen and oxygen atoms in total. The summed E-state index contributed by atoms with van der Waals surface area (Å²) >= 11 is 0. The van der Waals surface area contributed by atoms with E-state index in [1.807, 2.05) is 25.1 Å². The highest BCUT2D eigenvalue weighted by Crippen LogP contribution is 2.30. The first-order valence-electron chi connectivity index (χ1n) is 8.19. The maximum Gasteiger partial charge on any atom is 0.338 e. The lowest BCUT2D eigenvalue weighted by molar-refractivity contribution is -0.384. The van der Waals surface area contributed by atoms with Crippen LogP contribution in [0.15, 0.2) is 36.4 Å². The Labute approximate surface area is 156 Å². The van der Waals surface area contributed by atoms with Gasteiger partial charge in [0.05, 0.1) is 10.5 Å². The van der Waals surface area contributed by atoms with Gasteiger partial charge >= 0.3 is 5.97 Å². The Kier molecular flexibility index (Phi) is 6.12. The number of rotatable bonds is 6. The van der Waals surface area contributed by atoms with Crippen LogP contribution in [0.3, 0.4) is 0 Å². The molecule has 0 bridgehead atoms. The van der Waals surface area contributed by atoms with Crippen molar-refractivity contribution in [3.05, 3.63) is 63.2 Å². The standard InChI is InChI=1S/C19H21N3O5/c1-12-8-9-16(22(25)26)18(13(12)2)20-17(23)11-27-19(24)14-6-5-7-15(10-14)21(3)4/h5-10H,11H2,1-4H3,(H,20,23). The second kappa shape index (κ2) is 8.31. The molecule has 0 radical (unpaired) electrons. The number of esters is 1. The van der Waals surface area contributed by atoms with Crippen LogP contribution in [0.4, 0.5) is 17.1 Å². The minimum Gasteiger partial charge on any atom is -0.452 e. The van der Waals surface area contributed by atoms with Crippen LogP contribution in [0.25, 0.3) is 0 Å². The van der Waals surface area contributed by atoms with Crippen molar-refractivity contribution < 1.29 is 19.2 Å². The monoisotopic (exact) mass is 371 g/mol. The first kappa shape index (κ1) is 19.9. The Morgan fingerprint density at radius 2 is 1.89 bits per heavy atom. The van der Waals surface area contributed by atoms with E-state index in [1.54, 1.807) is 38.1 Å². The van der Waals surface area contributed by atoms with Crippen LogP contribution in [-0.4, -0.2) is 37.5 Å². The Morgan fingerprint density at radius 1 is 1.19 bits per heavy atom. The molecule has 0 aliphatic heterocycles. The van der Waals surface area contributed by atoms with Crippen LogP contribution >= 0.6 is 0 Å². The summed E-state index contributed by atoms with van der Waals surface area (Å²) in [5, 5.41) is 13.6. The molecule has 1 amide bonds. The summed E-state index contributed by atoms with van der Waals surface area (Å²) < 4.78 is 5.03. The zero-order valence-corrected chi connectivity index (χ0v) is 15.6. The molecule has 1 N–H and O–H groups in total. The van der Waals surface area contributed by atoms with Gasteiger partial charge in [-0.2, -0.15) is 0 Å². The van der Waals surface area contributed by atoms with Crippen molar-refractivity contribution >= 4 is 28.9 Å². The fourth-order valence-electron chi connectivity index (χ4n) is 2.41. The zero-order valence-electron chi connectivity index (χ0n) is 15.6. The summed E-state index contributed by atoms with van der Waals surface area (Å²) in [6.07, 6.45) is 0. The number of nitrogens with one attached hydrogen (secondary N) is 1. The summed E-state index contributed by atoms with van der Waals surface area (Å²) in [5.41, 5.74) is 2.41. The van der Waals surface area contributed by atoms with Crippen molar-refractivity contribution in [1.82, 2.24) is 0 Å². The van der Waals surface area contributed by atoms with Gasteiger partial charge in [0.15, 0.2) is 6.61 Å². The first-order valence-corrected chi connectivity index (χ1v) is 8.19. The quantitative estimate of drug-likeness (QED) is 0.476. The second-order valence-electron chi connectivity index (χ2n) is 6.23. The average Bonchev–Trinajstić information content (AvgIpc) is 2.63. The molecule has 2 aromatic carbocycles. The zero-order chi connectivity index (χ0) is 20.1. The molecular formula is C19H21N3O5. The number of carbonyl (C=O) groups excluding carboxylic acids is 2. The summed E-state index contributed by atoms with van der Waals surface area (Å²) in [4.78, 5) is 36.7. The molecule has 0 saturated carbocycles. The van der Waals surface area contributed by atoms with E-state index in [1.165, 1.54) is 6.07 Å². The maximum absolute atomic E-state index is 12.1. The largest absolute Gasteiger partial charge is 0.452 e. The van der Waals surface area contributed by atoms with E-state index in [2.05, 4.69) is 5.32 Å². The van der Waals surface area contributed by atoms with E-state index in [-0.39, 0.29) is 11.4 Å². The molecular weight excluding hydrogens is 350 g/mol. The fourth-order valence-corrected chi connectivity index (χ4v) is 2.41. The number of ether oxygens (including phenoxy) is 1. The van der Waals surface area contributed by atoms with Gasteiger partial charge < -0.3 is 15.0 Å². The Balaban J connectivity index is 2.07. The van der Waals surface area contributed by atoms with Gasteiger partial charge in [0.2, 0.25) is 0 Å². The highest BCUT2D eigenvalue weighted by molar-refractivity contribution is 5.97. The third kappa shape index (κ3) is 4.81. The molecule has 0 aliphatic carbocycles. The highest BCUT2D eigenvalue weighted by Gasteiger charge is 2.20. The molecule has 2 rings (SSSR count). The fraction of sp³-hybridized carbons (Fsp3) is 0.263. The molecule has 0 heterocycles. The van der Waals surface area contributed by atoms with E-state index < -0.39 is 23.4 Å². The first-order chi connectivity index (χ1) is 12.7. The Morgan fingerprint density at radius 3 is 2.52 bits per heavy atom. The van der Waals surface area contributed by atoms with E-state index in [4.69, 9.17) is 4.74 Å². The molecule has 0 saturated heterocycles. The number of nitrogens with zero attached hydrogens (tertiary/aromatic N) is 2. The van der Waals surface area contributed by atoms with Gasteiger partial charge in [-0.15, -0.1) is 0 Å². The molecule has 8 heteroatoms. The molecule has 0 aliphatic rings. The van der Waals surface area contributed by atoms with Gasteiger partial charge in [-0.25, -0.2) is 4.79 Å². The lowest BCUT2D eigenvalue weighted by Gasteiger charge is -2.13. The van der Waals surface area contributed by atoms with Crippen molar-refractivity contribution in [2.24, 2.45) is 0 Å². The van der Waals surface area contributed by atoms with Crippen molar-refractivity contribution in [2.75, 3.05) is 30.9 Å². The topological polar surface area (TPSA) is 102 Å². The number of aryl methyl sites for hydroxylation is 1. The lowest BCUT2D eigenvalue weighted by atomic mass is 10.1. The number of hydrogen-bond acceptors (Lipinski definition) is 6. The van der Waals surface area contributed by atoms with E-state index in [9.17, 15) is 19.7 Å². The van der Waals surface area contributed by atoms with Crippen molar-refractivity contribution in [1.29, 1.82) is 0 Å². The average molecular weight is 371 g/mol. The third-order valence-corrected chi connectivity index (χ3v) is 4.11. The van der Waals surface area contributed by atoms with Gasteiger partial charge in [-0.05, 0) is 43.2 Å². The third-order valence-electron chi connectivity index (χ3n) is 4.11.